The summed E-state index contributed by atoms with van der Waals surface area (Å²) in [6.07, 6.45) is 2.13. The Balaban J connectivity index is 0.00000220. The van der Waals surface area contributed by atoms with Gasteiger partial charge in [0.1, 0.15) is 0 Å². The van der Waals surface area contributed by atoms with Crippen LogP contribution in [0.5, 0.6) is 0 Å². The van der Waals surface area contributed by atoms with Crippen LogP contribution in [0.15, 0.2) is 29.2 Å². The van der Waals surface area contributed by atoms with Gasteiger partial charge in [-0.15, -0.1) is 12.4 Å². The van der Waals surface area contributed by atoms with E-state index in [2.05, 4.69) is 10.6 Å². The second-order valence-corrected chi connectivity index (χ2v) is 5.71. The van der Waals surface area contributed by atoms with Crippen molar-refractivity contribution in [2.75, 3.05) is 13.1 Å². The van der Waals surface area contributed by atoms with Crippen LogP contribution in [0.25, 0.3) is 0 Å². The average Bonchev–Trinajstić information content (AvgIpc) is 2.88. The number of amides is 1. The minimum absolute atomic E-state index is 0. The van der Waals surface area contributed by atoms with Crippen LogP contribution in [-0.4, -0.2) is 30.5 Å². The van der Waals surface area contributed by atoms with Crippen molar-refractivity contribution in [2.45, 2.75) is 29.3 Å². The Morgan fingerprint density at radius 3 is 2.52 bits per heavy atom. The second-order valence-electron chi connectivity index (χ2n) is 4.58. The van der Waals surface area contributed by atoms with Crippen LogP contribution in [0.2, 0.25) is 0 Å². The SMILES string of the molecule is Cl.O=C(NCC1CCCN1)c1ccc(SC(F)(F)F)cc1. The molecule has 2 N–H and O–H groups in total. The van der Waals surface area contributed by atoms with Crippen molar-refractivity contribution in [2.24, 2.45) is 0 Å². The number of hydrogen-bond acceptors (Lipinski definition) is 3. The number of alkyl halides is 3. The highest BCUT2D eigenvalue weighted by atomic mass is 35.5. The summed E-state index contributed by atoms with van der Waals surface area (Å²) in [5, 5.41) is 6.03. The highest BCUT2D eigenvalue weighted by Gasteiger charge is 2.29. The van der Waals surface area contributed by atoms with E-state index in [0.717, 1.165) is 19.4 Å². The van der Waals surface area contributed by atoms with E-state index in [1.54, 1.807) is 0 Å². The molecule has 1 unspecified atom stereocenters. The maximum Gasteiger partial charge on any atom is 0.446 e. The molecular formula is C13H16ClF3N2OS. The molecule has 0 radical (unpaired) electrons. The lowest BCUT2D eigenvalue weighted by molar-refractivity contribution is -0.0328. The summed E-state index contributed by atoms with van der Waals surface area (Å²) >= 11 is -0.187. The molecule has 1 heterocycles. The number of nitrogens with one attached hydrogen (secondary N) is 2. The number of carbonyl (C=O) groups is 1. The lowest BCUT2D eigenvalue weighted by Crippen LogP contribution is -2.37. The van der Waals surface area contributed by atoms with Crippen molar-refractivity contribution < 1.29 is 18.0 Å². The third-order valence-corrected chi connectivity index (χ3v) is 3.76. The highest BCUT2D eigenvalue weighted by Crippen LogP contribution is 2.36. The highest BCUT2D eigenvalue weighted by molar-refractivity contribution is 8.00. The van der Waals surface area contributed by atoms with Gasteiger partial charge in [-0.1, -0.05) is 0 Å². The smallest absolute Gasteiger partial charge is 0.350 e. The van der Waals surface area contributed by atoms with Crippen LogP contribution in [0.1, 0.15) is 23.2 Å². The van der Waals surface area contributed by atoms with Crippen LogP contribution >= 0.6 is 24.2 Å². The second kappa shape index (κ2) is 7.91. The van der Waals surface area contributed by atoms with Gasteiger partial charge in [-0.2, -0.15) is 13.2 Å². The Kier molecular flexibility index (Phi) is 6.83. The number of benzene rings is 1. The largest absolute Gasteiger partial charge is 0.446 e. The molecule has 0 aromatic heterocycles. The zero-order valence-electron chi connectivity index (χ0n) is 11.1. The molecule has 0 aliphatic carbocycles. The van der Waals surface area contributed by atoms with Gasteiger partial charge in [0.05, 0.1) is 0 Å². The predicted molar refractivity (Wildman–Crippen MR) is 79.0 cm³/mol. The summed E-state index contributed by atoms with van der Waals surface area (Å²) in [6, 6.07) is 5.72. The average molecular weight is 341 g/mol. The first kappa shape index (κ1) is 18.1. The van der Waals surface area contributed by atoms with Gasteiger partial charge in [0.15, 0.2) is 0 Å². The number of carbonyl (C=O) groups excluding carboxylic acids is 1. The summed E-state index contributed by atoms with van der Waals surface area (Å²) < 4.78 is 36.5. The fraction of sp³-hybridized carbons (Fsp3) is 0.462. The third kappa shape index (κ3) is 6.15. The number of thioether (sulfide) groups is 1. The number of halogens is 4. The van der Waals surface area contributed by atoms with E-state index >= 15 is 0 Å². The van der Waals surface area contributed by atoms with Crippen molar-refractivity contribution in [3.8, 4) is 0 Å². The Bertz CT molecular complexity index is 461. The van der Waals surface area contributed by atoms with Gasteiger partial charge in [0.25, 0.3) is 5.91 Å². The first-order valence-electron chi connectivity index (χ1n) is 6.31. The standard InChI is InChI=1S/C13H15F3N2OS.ClH/c14-13(15,16)20-11-5-3-9(4-6-11)12(19)18-8-10-2-1-7-17-10;/h3-6,10,17H,1-2,7-8H2,(H,18,19);1H. The molecule has 21 heavy (non-hydrogen) atoms. The molecule has 1 aromatic carbocycles. The van der Waals surface area contributed by atoms with Gasteiger partial charge in [0.2, 0.25) is 0 Å². The Hall–Kier alpha value is -0.920. The van der Waals surface area contributed by atoms with Crippen molar-refractivity contribution in [1.29, 1.82) is 0 Å². The number of hydrogen-bond donors (Lipinski definition) is 2. The molecule has 1 saturated heterocycles. The normalized spacial score (nSPS) is 18.1. The Morgan fingerprint density at radius 1 is 1.33 bits per heavy atom. The molecular weight excluding hydrogens is 325 g/mol. The van der Waals surface area contributed by atoms with Crippen LogP contribution in [0.4, 0.5) is 13.2 Å². The maximum absolute atomic E-state index is 12.2. The molecule has 2 rings (SSSR count). The summed E-state index contributed by atoms with van der Waals surface area (Å²) in [4.78, 5) is 11.9. The molecule has 118 valence electrons. The zero-order valence-corrected chi connectivity index (χ0v) is 12.7. The molecule has 8 heteroatoms. The van der Waals surface area contributed by atoms with Crippen molar-refractivity contribution in [3.63, 3.8) is 0 Å². The van der Waals surface area contributed by atoms with Gasteiger partial charge >= 0.3 is 5.51 Å². The van der Waals surface area contributed by atoms with Gasteiger partial charge in [0, 0.05) is 23.0 Å². The van der Waals surface area contributed by atoms with Crippen molar-refractivity contribution in [1.82, 2.24) is 10.6 Å². The zero-order chi connectivity index (χ0) is 14.6. The van der Waals surface area contributed by atoms with Crippen LogP contribution in [0.3, 0.4) is 0 Å². The molecule has 3 nitrogen and oxygen atoms in total. The van der Waals surface area contributed by atoms with Gasteiger partial charge in [-0.05, 0) is 55.4 Å². The molecule has 0 bridgehead atoms. The van der Waals surface area contributed by atoms with E-state index in [4.69, 9.17) is 0 Å². The van der Waals surface area contributed by atoms with Crippen molar-refractivity contribution in [3.05, 3.63) is 29.8 Å². The molecule has 0 saturated carbocycles. The predicted octanol–water partition coefficient (Wildman–Crippen LogP) is 3.20. The molecule has 1 atom stereocenters. The Labute approximate surface area is 131 Å². The van der Waals surface area contributed by atoms with Gasteiger partial charge in [-0.25, -0.2) is 0 Å². The molecule has 1 fully saturated rings. The van der Waals surface area contributed by atoms with Crippen LogP contribution in [0, 0.1) is 0 Å². The van der Waals surface area contributed by atoms with Crippen molar-refractivity contribution >= 4 is 30.1 Å². The van der Waals surface area contributed by atoms with E-state index in [1.165, 1.54) is 24.3 Å². The Morgan fingerprint density at radius 2 is 2.00 bits per heavy atom. The fourth-order valence-electron chi connectivity index (χ4n) is 2.06. The van der Waals surface area contributed by atoms with E-state index in [1.807, 2.05) is 0 Å². The number of rotatable bonds is 4. The molecule has 1 aromatic rings. The van der Waals surface area contributed by atoms with Gasteiger partial charge in [-0.3, -0.25) is 4.79 Å². The molecule has 1 aliphatic heterocycles. The van der Waals surface area contributed by atoms with E-state index in [9.17, 15) is 18.0 Å². The minimum Gasteiger partial charge on any atom is -0.350 e. The lowest BCUT2D eigenvalue weighted by Gasteiger charge is -2.11. The topological polar surface area (TPSA) is 41.1 Å². The molecule has 1 aliphatic rings. The van der Waals surface area contributed by atoms with Gasteiger partial charge < -0.3 is 10.6 Å². The van der Waals surface area contributed by atoms with E-state index < -0.39 is 5.51 Å². The minimum atomic E-state index is -4.31. The first-order valence-corrected chi connectivity index (χ1v) is 7.13. The summed E-state index contributed by atoms with van der Waals surface area (Å²) in [7, 11) is 0. The van der Waals surface area contributed by atoms with E-state index in [0.29, 0.717) is 18.2 Å². The quantitative estimate of drug-likeness (QED) is 0.827. The molecule has 1 amide bonds. The maximum atomic E-state index is 12.2. The summed E-state index contributed by atoms with van der Waals surface area (Å²) in [5.41, 5.74) is -3.94. The van der Waals surface area contributed by atoms with E-state index in [-0.39, 0.29) is 35.0 Å². The summed E-state index contributed by atoms with van der Waals surface area (Å²) in [5.74, 6) is -0.262. The monoisotopic (exact) mass is 340 g/mol. The summed E-state index contributed by atoms with van der Waals surface area (Å²) in [6.45, 7) is 1.50. The fourth-order valence-corrected chi connectivity index (χ4v) is 2.60. The lowest BCUT2D eigenvalue weighted by atomic mass is 10.2. The third-order valence-electron chi connectivity index (χ3n) is 3.02. The first-order chi connectivity index (χ1) is 9.44. The molecule has 0 spiro atoms. The van der Waals surface area contributed by atoms with Crippen LogP contribution in [-0.2, 0) is 0 Å². The van der Waals surface area contributed by atoms with Crippen LogP contribution < -0.4 is 10.6 Å².